The molecule has 0 spiro atoms. The Hall–Kier alpha value is -1.69. The van der Waals surface area contributed by atoms with Crippen LogP contribution in [0.2, 0.25) is 0 Å². The predicted molar refractivity (Wildman–Crippen MR) is 78.7 cm³/mol. The Kier molecular flexibility index (Phi) is 4.89. The van der Waals surface area contributed by atoms with Gasteiger partial charge in [0.2, 0.25) is 5.82 Å². The fraction of sp³-hybridized carbons (Fsp3) is 0.643. The zero-order valence-corrected chi connectivity index (χ0v) is 11.9. The van der Waals surface area contributed by atoms with Crippen LogP contribution in [-0.4, -0.2) is 29.0 Å². The Morgan fingerprint density at radius 2 is 2.25 bits per heavy atom. The summed E-state index contributed by atoms with van der Waals surface area (Å²) < 4.78 is 0. The zero-order chi connectivity index (χ0) is 14.5. The highest BCUT2D eigenvalue weighted by Gasteiger charge is 2.32. The van der Waals surface area contributed by atoms with E-state index in [0.717, 1.165) is 19.3 Å². The van der Waals surface area contributed by atoms with Gasteiger partial charge in [-0.3, -0.25) is 10.1 Å². The molecule has 1 aliphatic carbocycles. The van der Waals surface area contributed by atoms with Gasteiger partial charge in [0, 0.05) is 24.8 Å². The first-order chi connectivity index (χ1) is 9.69. The lowest BCUT2D eigenvalue weighted by Gasteiger charge is -2.39. The molecule has 1 fully saturated rings. The van der Waals surface area contributed by atoms with Crippen molar-refractivity contribution in [1.82, 2.24) is 4.98 Å². The third-order valence-electron chi connectivity index (χ3n) is 4.15. The van der Waals surface area contributed by atoms with Gasteiger partial charge >= 0.3 is 5.69 Å². The summed E-state index contributed by atoms with van der Waals surface area (Å²) in [6.07, 6.45) is 6.09. The normalized spacial score (nSPS) is 22.5. The third-order valence-corrected chi connectivity index (χ3v) is 4.15. The molecule has 1 saturated carbocycles. The van der Waals surface area contributed by atoms with Crippen LogP contribution in [0.3, 0.4) is 0 Å². The smallest absolute Gasteiger partial charge is 0.311 e. The van der Waals surface area contributed by atoms with Crippen LogP contribution in [0.4, 0.5) is 11.5 Å². The molecule has 0 saturated heterocycles. The lowest BCUT2D eigenvalue weighted by atomic mass is 9.83. The molecule has 2 unspecified atom stereocenters. The monoisotopic (exact) mass is 278 g/mol. The van der Waals surface area contributed by atoms with Gasteiger partial charge in [0.25, 0.3) is 0 Å². The van der Waals surface area contributed by atoms with Crippen molar-refractivity contribution < 1.29 is 4.92 Å². The van der Waals surface area contributed by atoms with Gasteiger partial charge in [-0.1, -0.05) is 12.8 Å². The first kappa shape index (κ1) is 14.7. The minimum absolute atomic E-state index is 0.0793. The molecule has 1 heterocycles. The lowest BCUT2D eigenvalue weighted by molar-refractivity contribution is -0.384. The molecule has 20 heavy (non-hydrogen) atoms. The zero-order valence-electron chi connectivity index (χ0n) is 11.9. The molecule has 2 N–H and O–H groups in total. The molecule has 0 amide bonds. The summed E-state index contributed by atoms with van der Waals surface area (Å²) in [4.78, 5) is 17.2. The molecule has 0 bridgehead atoms. The Labute approximate surface area is 119 Å². The Morgan fingerprint density at radius 3 is 2.90 bits per heavy atom. The number of hydrogen-bond acceptors (Lipinski definition) is 5. The second kappa shape index (κ2) is 6.65. The topological polar surface area (TPSA) is 85.3 Å². The van der Waals surface area contributed by atoms with E-state index in [-0.39, 0.29) is 16.7 Å². The second-order valence-electron chi connectivity index (χ2n) is 5.24. The average molecular weight is 278 g/mol. The van der Waals surface area contributed by atoms with E-state index in [4.69, 9.17) is 5.73 Å². The molecule has 1 aliphatic rings. The van der Waals surface area contributed by atoms with E-state index in [0.29, 0.717) is 24.8 Å². The Bertz CT molecular complexity index is 466. The van der Waals surface area contributed by atoms with Gasteiger partial charge in [-0.05, 0) is 38.3 Å². The number of pyridine rings is 1. The quantitative estimate of drug-likeness (QED) is 0.660. The van der Waals surface area contributed by atoms with Crippen molar-refractivity contribution in [3.05, 3.63) is 28.4 Å². The van der Waals surface area contributed by atoms with Crippen LogP contribution in [0.15, 0.2) is 18.3 Å². The first-order valence-corrected chi connectivity index (χ1v) is 7.25. The number of hydrogen-bond donors (Lipinski definition) is 1. The van der Waals surface area contributed by atoms with Crippen LogP contribution < -0.4 is 10.6 Å². The standard InChI is InChI=1S/C14H22N4O2/c1-2-17(12-7-4-3-6-11(12)10-15)14-13(18(19)20)8-5-9-16-14/h5,8-9,11-12H,2-4,6-7,10,15H2,1H3. The SMILES string of the molecule is CCN(c1ncccc1[N+](=O)[O-])C1CCCCC1CN. The van der Waals surface area contributed by atoms with E-state index in [1.54, 1.807) is 12.3 Å². The first-order valence-electron chi connectivity index (χ1n) is 7.25. The molecular formula is C14H22N4O2. The fourth-order valence-electron chi connectivity index (χ4n) is 3.17. The van der Waals surface area contributed by atoms with Gasteiger partial charge in [0.1, 0.15) is 0 Å². The van der Waals surface area contributed by atoms with E-state index >= 15 is 0 Å². The maximum absolute atomic E-state index is 11.2. The molecule has 1 aromatic rings. The summed E-state index contributed by atoms with van der Waals surface area (Å²) in [5, 5.41) is 11.2. The van der Waals surface area contributed by atoms with Crippen molar-refractivity contribution in [2.75, 3.05) is 18.0 Å². The van der Waals surface area contributed by atoms with Crippen LogP contribution in [0.5, 0.6) is 0 Å². The average Bonchev–Trinajstić information content (AvgIpc) is 2.49. The van der Waals surface area contributed by atoms with Gasteiger partial charge in [-0.2, -0.15) is 0 Å². The lowest BCUT2D eigenvalue weighted by Crippen LogP contribution is -2.45. The molecule has 6 nitrogen and oxygen atoms in total. The van der Waals surface area contributed by atoms with E-state index in [1.165, 1.54) is 12.5 Å². The van der Waals surface area contributed by atoms with Crippen LogP contribution >= 0.6 is 0 Å². The number of nitrogens with two attached hydrogens (primary N) is 1. The largest absolute Gasteiger partial charge is 0.348 e. The molecule has 110 valence electrons. The van der Waals surface area contributed by atoms with Crippen molar-refractivity contribution in [1.29, 1.82) is 0 Å². The van der Waals surface area contributed by atoms with Gasteiger partial charge < -0.3 is 10.6 Å². The highest BCUT2D eigenvalue weighted by atomic mass is 16.6. The van der Waals surface area contributed by atoms with Crippen LogP contribution in [-0.2, 0) is 0 Å². The van der Waals surface area contributed by atoms with E-state index in [1.807, 2.05) is 6.92 Å². The highest BCUT2D eigenvalue weighted by molar-refractivity contribution is 5.58. The van der Waals surface area contributed by atoms with Crippen molar-refractivity contribution in [2.24, 2.45) is 11.7 Å². The number of nitro groups is 1. The molecule has 2 rings (SSSR count). The predicted octanol–water partition coefficient (Wildman–Crippen LogP) is 2.33. The summed E-state index contributed by atoms with van der Waals surface area (Å²) in [6.45, 7) is 3.35. The molecule has 0 radical (unpaired) electrons. The minimum Gasteiger partial charge on any atom is -0.348 e. The fourth-order valence-corrected chi connectivity index (χ4v) is 3.17. The van der Waals surface area contributed by atoms with Gasteiger partial charge in [0.05, 0.1) is 4.92 Å². The van der Waals surface area contributed by atoms with Crippen LogP contribution in [0.1, 0.15) is 32.6 Å². The Balaban J connectivity index is 2.34. The molecule has 2 atom stereocenters. The highest BCUT2D eigenvalue weighted by Crippen LogP contribution is 2.34. The van der Waals surface area contributed by atoms with Gasteiger partial charge in [-0.25, -0.2) is 4.98 Å². The third kappa shape index (κ3) is 2.90. The number of anilines is 1. The van der Waals surface area contributed by atoms with Crippen molar-refractivity contribution in [2.45, 2.75) is 38.6 Å². The summed E-state index contributed by atoms with van der Waals surface area (Å²) in [5.74, 6) is 0.871. The van der Waals surface area contributed by atoms with Crippen molar-refractivity contribution in [3.8, 4) is 0 Å². The van der Waals surface area contributed by atoms with Crippen molar-refractivity contribution in [3.63, 3.8) is 0 Å². The summed E-state index contributed by atoms with van der Waals surface area (Å²) in [7, 11) is 0. The second-order valence-corrected chi connectivity index (χ2v) is 5.24. The minimum atomic E-state index is -0.356. The van der Waals surface area contributed by atoms with E-state index < -0.39 is 0 Å². The number of aromatic nitrogens is 1. The maximum Gasteiger partial charge on any atom is 0.311 e. The summed E-state index contributed by atoms with van der Waals surface area (Å²) >= 11 is 0. The Morgan fingerprint density at radius 1 is 1.50 bits per heavy atom. The van der Waals surface area contributed by atoms with E-state index in [9.17, 15) is 10.1 Å². The van der Waals surface area contributed by atoms with E-state index in [2.05, 4.69) is 9.88 Å². The maximum atomic E-state index is 11.2. The van der Waals surface area contributed by atoms with Crippen molar-refractivity contribution >= 4 is 11.5 Å². The molecular weight excluding hydrogens is 256 g/mol. The molecule has 1 aromatic heterocycles. The van der Waals surface area contributed by atoms with Gasteiger partial charge in [0.15, 0.2) is 0 Å². The number of rotatable bonds is 5. The van der Waals surface area contributed by atoms with Gasteiger partial charge in [-0.15, -0.1) is 0 Å². The van der Waals surface area contributed by atoms with Crippen LogP contribution in [0.25, 0.3) is 0 Å². The molecule has 0 aliphatic heterocycles. The number of nitrogens with zero attached hydrogens (tertiary/aromatic N) is 3. The summed E-state index contributed by atoms with van der Waals surface area (Å²) in [5.41, 5.74) is 5.96. The summed E-state index contributed by atoms with van der Waals surface area (Å²) in [6, 6.07) is 3.38. The molecule has 6 heteroatoms. The van der Waals surface area contributed by atoms with Crippen LogP contribution in [0, 0.1) is 16.0 Å². The molecule has 0 aromatic carbocycles.